The zero-order chi connectivity index (χ0) is 8.10. The van der Waals surface area contributed by atoms with E-state index in [0.29, 0.717) is 0 Å². The van der Waals surface area contributed by atoms with E-state index in [0.717, 1.165) is 0 Å². The number of rotatable bonds is 3. The fourth-order valence-electron chi connectivity index (χ4n) is 0.983. The van der Waals surface area contributed by atoms with Crippen molar-refractivity contribution in [1.29, 1.82) is 0 Å². The first-order chi connectivity index (χ1) is 5.29. The van der Waals surface area contributed by atoms with Gasteiger partial charge in [-0.1, -0.05) is 0 Å². The van der Waals surface area contributed by atoms with E-state index in [1.165, 1.54) is 16.3 Å². The molecule has 0 saturated heterocycles. The molecule has 2 heteroatoms. The van der Waals surface area contributed by atoms with Gasteiger partial charge in [0.2, 0.25) is 0 Å². The number of pyridine rings is 1. The zero-order valence-electron chi connectivity index (χ0n) is 7.25. The molecule has 0 aromatic carbocycles. The Labute approximate surface area is 76.4 Å². The fraction of sp³-hybridized carbons (Fsp3) is 0.444. The minimum atomic E-state index is -0.972. The topological polar surface area (TPSA) is 12.9 Å². The Morgan fingerprint density at radius 2 is 2.18 bits per heavy atom. The fourth-order valence-corrected chi connectivity index (χ4v) is 3.47. The number of hydrogen-bond acceptors (Lipinski definition) is 1. The predicted molar refractivity (Wildman–Crippen MR) is 50.2 cm³/mol. The van der Waals surface area contributed by atoms with Gasteiger partial charge < -0.3 is 0 Å². The van der Waals surface area contributed by atoms with Gasteiger partial charge in [-0.05, 0) is 0 Å². The third-order valence-electron chi connectivity index (χ3n) is 1.70. The van der Waals surface area contributed by atoms with Crippen molar-refractivity contribution in [3.05, 3.63) is 30.1 Å². The second-order valence-corrected chi connectivity index (χ2v) is 12.9. The molecule has 0 spiro atoms. The van der Waals surface area contributed by atoms with Crippen molar-refractivity contribution in [2.24, 2.45) is 0 Å². The maximum atomic E-state index is 4.28. The van der Waals surface area contributed by atoms with E-state index in [9.17, 15) is 0 Å². The van der Waals surface area contributed by atoms with Gasteiger partial charge in [-0.15, -0.1) is 0 Å². The van der Waals surface area contributed by atoms with Gasteiger partial charge in [0.05, 0.1) is 0 Å². The van der Waals surface area contributed by atoms with Gasteiger partial charge in [0.15, 0.2) is 0 Å². The van der Waals surface area contributed by atoms with E-state index in [1.807, 2.05) is 12.3 Å². The van der Waals surface area contributed by atoms with Crippen LogP contribution >= 0.6 is 0 Å². The molecule has 0 radical (unpaired) electrons. The monoisotopic (exact) mass is 251 g/mol. The van der Waals surface area contributed by atoms with Gasteiger partial charge in [0.1, 0.15) is 0 Å². The van der Waals surface area contributed by atoms with Crippen molar-refractivity contribution in [3.8, 4) is 0 Å². The first-order valence-corrected chi connectivity index (χ1v) is 13.1. The second-order valence-electron chi connectivity index (χ2n) is 3.25. The molecule has 0 aliphatic rings. The third kappa shape index (κ3) is 3.80. The van der Waals surface area contributed by atoms with Crippen molar-refractivity contribution < 1.29 is 0 Å². The summed E-state index contributed by atoms with van der Waals surface area (Å²) in [5.74, 6) is 0. The van der Waals surface area contributed by atoms with Crippen LogP contribution in [0.2, 0.25) is 13.5 Å². The van der Waals surface area contributed by atoms with E-state index in [4.69, 9.17) is 0 Å². The molecule has 1 rings (SSSR count). The summed E-state index contributed by atoms with van der Waals surface area (Å²) in [7, 11) is 0. The molecule has 11 heavy (non-hydrogen) atoms. The number of hydrogen-bond donors (Lipinski definition) is 0. The second kappa shape index (κ2) is 4.81. The molecule has 1 aromatic rings. The van der Waals surface area contributed by atoms with E-state index in [2.05, 4.69) is 26.5 Å². The molecule has 0 N–H and O–H groups in total. The SMILES string of the molecule is [CH3][In]([CH3])[CH2]Cc1ccccn1. The van der Waals surface area contributed by atoms with E-state index in [-0.39, 0.29) is 0 Å². The van der Waals surface area contributed by atoms with Crippen LogP contribution in [0.5, 0.6) is 0 Å². The Hall–Kier alpha value is 0.0201. The van der Waals surface area contributed by atoms with E-state index >= 15 is 0 Å². The summed E-state index contributed by atoms with van der Waals surface area (Å²) in [6, 6.07) is 6.16. The Morgan fingerprint density at radius 1 is 1.36 bits per heavy atom. The average molecular weight is 251 g/mol. The predicted octanol–water partition coefficient (Wildman–Crippen LogP) is 2.38. The first kappa shape index (κ1) is 9.11. The molecular weight excluding hydrogens is 237 g/mol. The summed E-state index contributed by atoms with van der Waals surface area (Å²) in [6.07, 6.45) is 3.08. The van der Waals surface area contributed by atoms with Gasteiger partial charge in [0, 0.05) is 0 Å². The maximum absolute atomic E-state index is 4.28. The quantitative estimate of drug-likeness (QED) is 0.803. The van der Waals surface area contributed by atoms with E-state index in [1.54, 1.807) is 0 Å². The van der Waals surface area contributed by atoms with Gasteiger partial charge >= 0.3 is 76.5 Å². The minimum absolute atomic E-state index is 0.972. The molecule has 0 bridgehead atoms. The summed E-state index contributed by atoms with van der Waals surface area (Å²) in [5, 5.41) is 0. The summed E-state index contributed by atoms with van der Waals surface area (Å²) in [6.45, 7) is 0. The Bertz CT molecular complexity index is 196. The summed E-state index contributed by atoms with van der Waals surface area (Å²) < 4.78 is 6.34. The molecule has 0 atom stereocenters. The van der Waals surface area contributed by atoms with Gasteiger partial charge in [-0.2, -0.15) is 0 Å². The standard InChI is InChI=1S/C7H8N.2CH3.In/c1-2-7-5-3-4-6-8-7;;;/h3-6H,1-2H2;2*1H3;. The molecule has 0 aliphatic carbocycles. The normalized spacial score (nSPS) is 9.64. The van der Waals surface area contributed by atoms with Crippen LogP contribution in [0, 0.1) is 0 Å². The zero-order valence-corrected chi connectivity index (χ0v) is 10.5. The van der Waals surface area contributed by atoms with Crippen molar-refractivity contribution >= 4 is 21.4 Å². The first-order valence-electron chi connectivity index (χ1n) is 4.19. The van der Waals surface area contributed by atoms with Crippen LogP contribution in [0.1, 0.15) is 5.69 Å². The average Bonchev–Trinajstić information content (AvgIpc) is 2.03. The van der Waals surface area contributed by atoms with Gasteiger partial charge in [-0.25, -0.2) is 0 Å². The van der Waals surface area contributed by atoms with Crippen LogP contribution in [0.25, 0.3) is 0 Å². The molecule has 1 heterocycles. The molecule has 0 amide bonds. The summed E-state index contributed by atoms with van der Waals surface area (Å²) in [4.78, 5) is 4.28. The Morgan fingerprint density at radius 3 is 2.73 bits per heavy atom. The molecule has 0 fully saturated rings. The molecule has 0 aliphatic heterocycles. The number of aromatic nitrogens is 1. The van der Waals surface area contributed by atoms with Crippen LogP contribution in [0.15, 0.2) is 24.4 Å². The van der Waals surface area contributed by atoms with Crippen LogP contribution in [0.3, 0.4) is 0 Å². The Balaban J connectivity index is 2.39. The number of aryl methyl sites for hydroxylation is 1. The van der Waals surface area contributed by atoms with Crippen molar-refractivity contribution in [2.75, 3.05) is 0 Å². The van der Waals surface area contributed by atoms with Crippen molar-refractivity contribution in [2.45, 2.75) is 20.0 Å². The van der Waals surface area contributed by atoms with Crippen LogP contribution in [-0.4, -0.2) is 26.4 Å². The third-order valence-corrected chi connectivity index (χ3v) is 5.82. The van der Waals surface area contributed by atoms with Crippen molar-refractivity contribution in [1.82, 2.24) is 4.98 Å². The molecule has 1 aromatic heterocycles. The molecule has 1 nitrogen and oxygen atoms in total. The Kier molecular flexibility index (Phi) is 3.98. The van der Waals surface area contributed by atoms with Crippen molar-refractivity contribution in [3.63, 3.8) is 0 Å². The summed E-state index contributed by atoms with van der Waals surface area (Å²) >= 11 is -0.972. The van der Waals surface area contributed by atoms with Crippen LogP contribution < -0.4 is 0 Å². The van der Waals surface area contributed by atoms with E-state index < -0.39 is 21.4 Å². The van der Waals surface area contributed by atoms with Crippen LogP contribution in [-0.2, 0) is 6.42 Å². The molecular formula is C9H14InN. The molecule has 58 valence electrons. The summed E-state index contributed by atoms with van der Waals surface area (Å²) in [5.41, 5.74) is 1.26. The van der Waals surface area contributed by atoms with Gasteiger partial charge in [-0.3, -0.25) is 0 Å². The molecule has 0 unspecified atom stereocenters. The number of nitrogens with zero attached hydrogens (tertiary/aromatic N) is 1. The van der Waals surface area contributed by atoms with Gasteiger partial charge in [0.25, 0.3) is 0 Å². The van der Waals surface area contributed by atoms with Crippen LogP contribution in [0.4, 0.5) is 0 Å². The molecule has 0 saturated carbocycles.